The molecule has 0 aromatic carbocycles. The molecule has 1 fully saturated rings. The number of nitrogens with two attached hydrogens (primary N) is 1. The van der Waals surface area contributed by atoms with Gasteiger partial charge >= 0.3 is 0 Å². The standard InChI is InChI=1S/C15H30N2O.ClH/c1-15(2,3)13-8-6-12(7-9-13)11-17-14(18)5-4-10-16;/h12-13H,4-11,16H2,1-3H3,(H,17,18);1H. The summed E-state index contributed by atoms with van der Waals surface area (Å²) in [5.41, 5.74) is 5.83. The number of hydrogen-bond acceptors (Lipinski definition) is 2. The van der Waals surface area contributed by atoms with E-state index in [0.29, 0.717) is 24.3 Å². The summed E-state index contributed by atoms with van der Waals surface area (Å²) in [6, 6.07) is 0. The van der Waals surface area contributed by atoms with Gasteiger partial charge in [0.05, 0.1) is 0 Å². The number of carbonyl (C=O) groups excluding carboxylic acids is 1. The van der Waals surface area contributed by atoms with Crippen LogP contribution in [0.4, 0.5) is 0 Å². The maximum atomic E-state index is 11.5. The van der Waals surface area contributed by atoms with E-state index in [-0.39, 0.29) is 18.3 Å². The van der Waals surface area contributed by atoms with Gasteiger partial charge in [0, 0.05) is 13.0 Å². The smallest absolute Gasteiger partial charge is 0.220 e. The highest BCUT2D eigenvalue weighted by molar-refractivity contribution is 5.85. The predicted octanol–water partition coefficient (Wildman–Crippen LogP) is 3.12. The molecule has 0 saturated heterocycles. The Balaban J connectivity index is 0.00000324. The van der Waals surface area contributed by atoms with E-state index in [4.69, 9.17) is 5.73 Å². The van der Waals surface area contributed by atoms with Gasteiger partial charge in [0.1, 0.15) is 0 Å². The van der Waals surface area contributed by atoms with Crippen LogP contribution in [0.15, 0.2) is 0 Å². The summed E-state index contributed by atoms with van der Waals surface area (Å²) in [7, 11) is 0. The molecule has 114 valence electrons. The van der Waals surface area contributed by atoms with Gasteiger partial charge in [0.25, 0.3) is 0 Å². The molecular formula is C15H31ClN2O. The van der Waals surface area contributed by atoms with Gasteiger partial charge < -0.3 is 11.1 Å². The second-order valence-corrected chi connectivity index (χ2v) is 6.78. The van der Waals surface area contributed by atoms with Gasteiger partial charge in [0.2, 0.25) is 5.91 Å². The van der Waals surface area contributed by atoms with Crippen molar-refractivity contribution in [1.82, 2.24) is 5.32 Å². The third-order valence-electron chi connectivity index (χ3n) is 4.27. The minimum atomic E-state index is 0. The molecule has 1 saturated carbocycles. The molecule has 0 radical (unpaired) electrons. The van der Waals surface area contributed by atoms with Crippen molar-refractivity contribution in [1.29, 1.82) is 0 Å². The lowest BCUT2D eigenvalue weighted by Gasteiger charge is -2.37. The summed E-state index contributed by atoms with van der Waals surface area (Å²) in [5, 5.41) is 3.05. The largest absolute Gasteiger partial charge is 0.356 e. The van der Waals surface area contributed by atoms with E-state index >= 15 is 0 Å². The third-order valence-corrected chi connectivity index (χ3v) is 4.27. The molecule has 1 aliphatic carbocycles. The number of amides is 1. The third kappa shape index (κ3) is 7.17. The van der Waals surface area contributed by atoms with Crippen LogP contribution in [0.2, 0.25) is 0 Å². The van der Waals surface area contributed by atoms with E-state index in [9.17, 15) is 4.79 Å². The zero-order valence-corrected chi connectivity index (χ0v) is 13.5. The summed E-state index contributed by atoms with van der Waals surface area (Å²) < 4.78 is 0. The fourth-order valence-electron chi connectivity index (χ4n) is 2.84. The van der Waals surface area contributed by atoms with Gasteiger partial charge in [-0.3, -0.25) is 4.79 Å². The van der Waals surface area contributed by atoms with Crippen LogP contribution in [-0.4, -0.2) is 19.0 Å². The van der Waals surface area contributed by atoms with Crippen LogP contribution in [0.1, 0.15) is 59.3 Å². The topological polar surface area (TPSA) is 55.1 Å². The van der Waals surface area contributed by atoms with Crippen molar-refractivity contribution in [2.75, 3.05) is 13.1 Å². The van der Waals surface area contributed by atoms with Gasteiger partial charge in [-0.05, 0) is 55.9 Å². The van der Waals surface area contributed by atoms with Crippen molar-refractivity contribution >= 4 is 18.3 Å². The van der Waals surface area contributed by atoms with Crippen molar-refractivity contribution in [3.63, 3.8) is 0 Å². The predicted molar refractivity (Wildman–Crippen MR) is 83.4 cm³/mol. The molecule has 0 atom stereocenters. The summed E-state index contributed by atoms with van der Waals surface area (Å²) in [6.07, 6.45) is 6.52. The maximum absolute atomic E-state index is 11.5. The number of hydrogen-bond donors (Lipinski definition) is 2. The van der Waals surface area contributed by atoms with E-state index in [1.807, 2.05) is 0 Å². The Hall–Kier alpha value is -0.280. The average Bonchev–Trinajstić information content (AvgIpc) is 2.33. The molecule has 0 bridgehead atoms. The minimum absolute atomic E-state index is 0. The van der Waals surface area contributed by atoms with Crippen LogP contribution in [0.25, 0.3) is 0 Å². The lowest BCUT2D eigenvalue weighted by molar-refractivity contribution is -0.121. The Morgan fingerprint density at radius 1 is 1.21 bits per heavy atom. The van der Waals surface area contributed by atoms with Gasteiger partial charge in [0.15, 0.2) is 0 Å². The number of rotatable bonds is 5. The second kappa shape index (κ2) is 8.80. The van der Waals surface area contributed by atoms with Gasteiger partial charge in [-0.1, -0.05) is 20.8 Å². The van der Waals surface area contributed by atoms with E-state index in [2.05, 4.69) is 26.1 Å². The number of nitrogens with one attached hydrogen (secondary N) is 1. The fourth-order valence-corrected chi connectivity index (χ4v) is 2.84. The summed E-state index contributed by atoms with van der Waals surface area (Å²) in [4.78, 5) is 11.5. The lowest BCUT2D eigenvalue weighted by Crippen LogP contribution is -2.33. The molecule has 0 heterocycles. The number of carbonyl (C=O) groups is 1. The Morgan fingerprint density at radius 2 is 1.79 bits per heavy atom. The van der Waals surface area contributed by atoms with Crippen LogP contribution >= 0.6 is 12.4 Å². The zero-order valence-electron chi connectivity index (χ0n) is 12.7. The van der Waals surface area contributed by atoms with Gasteiger partial charge in [-0.2, -0.15) is 0 Å². The van der Waals surface area contributed by atoms with Crippen LogP contribution in [0, 0.1) is 17.3 Å². The highest BCUT2D eigenvalue weighted by Crippen LogP contribution is 2.39. The zero-order chi connectivity index (χ0) is 13.6. The Bertz CT molecular complexity index is 255. The first-order chi connectivity index (χ1) is 8.43. The summed E-state index contributed by atoms with van der Waals surface area (Å²) >= 11 is 0. The minimum Gasteiger partial charge on any atom is -0.356 e. The Kier molecular flexibility index (Phi) is 8.67. The molecule has 0 aliphatic heterocycles. The van der Waals surface area contributed by atoms with Crippen LogP contribution in [-0.2, 0) is 4.79 Å². The molecule has 0 unspecified atom stereocenters. The first-order valence-electron chi connectivity index (χ1n) is 7.40. The second-order valence-electron chi connectivity index (χ2n) is 6.78. The van der Waals surface area contributed by atoms with E-state index in [1.165, 1.54) is 25.7 Å². The van der Waals surface area contributed by atoms with Crippen molar-refractivity contribution < 1.29 is 4.79 Å². The van der Waals surface area contributed by atoms with Crippen molar-refractivity contribution in [3.8, 4) is 0 Å². The van der Waals surface area contributed by atoms with E-state index in [1.54, 1.807) is 0 Å². The molecule has 0 spiro atoms. The van der Waals surface area contributed by atoms with Crippen molar-refractivity contribution in [2.24, 2.45) is 23.0 Å². The molecular weight excluding hydrogens is 260 g/mol. The van der Waals surface area contributed by atoms with Crippen LogP contribution < -0.4 is 11.1 Å². The quantitative estimate of drug-likeness (QED) is 0.817. The highest BCUT2D eigenvalue weighted by Gasteiger charge is 2.29. The normalized spacial score (nSPS) is 23.6. The lowest BCUT2D eigenvalue weighted by atomic mass is 9.70. The van der Waals surface area contributed by atoms with Crippen LogP contribution in [0.5, 0.6) is 0 Å². The molecule has 0 aromatic heterocycles. The SMILES string of the molecule is CC(C)(C)C1CCC(CNC(=O)CCCN)CC1.Cl. The van der Waals surface area contributed by atoms with Crippen LogP contribution in [0.3, 0.4) is 0 Å². The fraction of sp³-hybridized carbons (Fsp3) is 0.933. The summed E-state index contributed by atoms with van der Waals surface area (Å²) in [6.45, 7) is 8.48. The Morgan fingerprint density at radius 3 is 2.26 bits per heavy atom. The molecule has 1 rings (SSSR count). The molecule has 1 aliphatic rings. The van der Waals surface area contributed by atoms with Gasteiger partial charge in [-0.25, -0.2) is 0 Å². The monoisotopic (exact) mass is 290 g/mol. The highest BCUT2D eigenvalue weighted by atomic mass is 35.5. The van der Waals surface area contributed by atoms with E-state index < -0.39 is 0 Å². The molecule has 1 amide bonds. The molecule has 4 heteroatoms. The first kappa shape index (κ1) is 18.7. The Labute approximate surface area is 124 Å². The van der Waals surface area contributed by atoms with Crippen molar-refractivity contribution in [3.05, 3.63) is 0 Å². The summed E-state index contributed by atoms with van der Waals surface area (Å²) in [5.74, 6) is 1.70. The molecule has 19 heavy (non-hydrogen) atoms. The van der Waals surface area contributed by atoms with Gasteiger partial charge in [-0.15, -0.1) is 12.4 Å². The molecule has 0 aromatic rings. The van der Waals surface area contributed by atoms with E-state index in [0.717, 1.165) is 18.9 Å². The molecule has 3 N–H and O–H groups in total. The number of halogens is 1. The first-order valence-corrected chi connectivity index (χ1v) is 7.40. The van der Waals surface area contributed by atoms with Crippen molar-refractivity contribution in [2.45, 2.75) is 59.3 Å². The molecule has 3 nitrogen and oxygen atoms in total. The average molecular weight is 291 g/mol. The maximum Gasteiger partial charge on any atom is 0.220 e.